The van der Waals surface area contributed by atoms with Crippen molar-refractivity contribution in [1.29, 1.82) is 0 Å². The lowest BCUT2D eigenvalue weighted by molar-refractivity contribution is 0.0442. The highest BCUT2D eigenvalue weighted by Gasteiger charge is 2.16. The van der Waals surface area contributed by atoms with Crippen LogP contribution in [0.1, 0.15) is 105 Å². The van der Waals surface area contributed by atoms with Crippen molar-refractivity contribution in [1.82, 2.24) is 0 Å². The first-order valence-electron chi connectivity index (χ1n) is 9.13. The second-order valence-corrected chi connectivity index (χ2v) is 7.38. The molecule has 0 spiro atoms. The van der Waals surface area contributed by atoms with Crippen LogP contribution in [-0.4, -0.2) is 10.7 Å². The van der Waals surface area contributed by atoms with Gasteiger partial charge in [-0.1, -0.05) is 85.5 Å². The van der Waals surface area contributed by atoms with E-state index >= 15 is 0 Å². The van der Waals surface area contributed by atoms with Crippen LogP contribution in [0, 0.1) is 11.8 Å². The third-order valence-corrected chi connectivity index (χ3v) is 4.86. The molecule has 0 aromatic carbocycles. The lowest BCUT2D eigenvalue weighted by atomic mass is 9.91. The van der Waals surface area contributed by atoms with Gasteiger partial charge < -0.3 is 5.11 Å². The summed E-state index contributed by atoms with van der Waals surface area (Å²) in [6, 6.07) is 0. The van der Waals surface area contributed by atoms with E-state index in [0.717, 1.165) is 24.7 Å². The van der Waals surface area contributed by atoms with Gasteiger partial charge in [0.2, 0.25) is 0 Å². The minimum atomic E-state index is -0.428. The summed E-state index contributed by atoms with van der Waals surface area (Å²) in [5.74, 6) is 1.81. The van der Waals surface area contributed by atoms with Crippen LogP contribution < -0.4 is 0 Å². The maximum atomic E-state index is 9.93. The Morgan fingerprint density at radius 1 is 0.800 bits per heavy atom. The molecule has 0 aliphatic heterocycles. The molecule has 0 radical (unpaired) electrons. The van der Waals surface area contributed by atoms with Crippen LogP contribution in [-0.2, 0) is 0 Å². The summed E-state index contributed by atoms with van der Waals surface area (Å²) < 4.78 is 0. The van der Waals surface area contributed by atoms with Crippen LogP contribution in [0.2, 0.25) is 0 Å². The van der Waals surface area contributed by atoms with Crippen LogP contribution in [0.15, 0.2) is 0 Å². The Hall–Kier alpha value is -0.0400. The molecular weight excluding hydrogens is 244 g/mol. The van der Waals surface area contributed by atoms with Crippen molar-refractivity contribution < 1.29 is 5.11 Å². The van der Waals surface area contributed by atoms with Crippen LogP contribution in [0.3, 0.4) is 0 Å². The topological polar surface area (TPSA) is 20.2 Å². The molecule has 0 amide bonds. The molecule has 0 aliphatic rings. The molecule has 0 heterocycles. The van der Waals surface area contributed by atoms with Crippen molar-refractivity contribution in [2.75, 3.05) is 0 Å². The van der Waals surface area contributed by atoms with Crippen molar-refractivity contribution >= 4 is 0 Å². The Bertz CT molecular complexity index is 210. The lowest BCUT2D eigenvalue weighted by Crippen LogP contribution is -2.22. The zero-order valence-corrected chi connectivity index (χ0v) is 14.9. The monoisotopic (exact) mass is 284 g/mol. The molecule has 1 nitrogen and oxygen atoms in total. The number of rotatable bonds is 13. The van der Waals surface area contributed by atoms with Gasteiger partial charge in [0.1, 0.15) is 0 Å². The van der Waals surface area contributed by atoms with Gasteiger partial charge in [-0.25, -0.2) is 0 Å². The third-order valence-electron chi connectivity index (χ3n) is 4.86. The summed E-state index contributed by atoms with van der Waals surface area (Å²) in [5.41, 5.74) is -0.428. The van der Waals surface area contributed by atoms with E-state index in [9.17, 15) is 5.11 Å². The maximum absolute atomic E-state index is 9.93. The molecular formula is C19H40O. The van der Waals surface area contributed by atoms with E-state index in [1.807, 2.05) is 6.92 Å². The van der Waals surface area contributed by atoms with Crippen molar-refractivity contribution in [3.63, 3.8) is 0 Å². The highest BCUT2D eigenvalue weighted by atomic mass is 16.3. The zero-order chi connectivity index (χ0) is 15.4. The van der Waals surface area contributed by atoms with Crippen molar-refractivity contribution in [3.8, 4) is 0 Å². The summed E-state index contributed by atoms with van der Waals surface area (Å²) in [4.78, 5) is 0. The smallest absolute Gasteiger partial charge is 0.0617 e. The normalized spacial score (nSPS) is 17.7. The lowest BCUT2D eigenvalue weighted by Gasteiger charge is -2.20. The standard InChI is InChI=1S/C19H40O/c1-6-12-17(3)14-15-18(4)13-10-8-9-11-16-19(5,20)7-2/h17-18,20H,6-16H2,1-5H3/t17-,18+,19?/m1/s1. The molecule has 0 aromatic heterocycles. The number of aliphatic hydroxyl groups is 1. The molecule has 3 atom stereocenters. The summed E-state index contributed by atoms with van der Waals surface area (Å²) >= 11 is 0. The largest absolute Gasteiger partial charge is 0.390 e. The van der Waals surface area contributed by atoms with Crippen molar-refractivity contribution in [3.05, 3.63) is 0 Å². The maximum Gasteiger partial charge on any atom is 0.0617 e. The van der Waals surface area contributed by atoms with Gasteiger partial charge in [-0.15, -0.1) is 0 Å². The van der Waals surface area contributed by atoms with Gasteiger partial charge in [0.25, 0.3) is 0 Å². The molecule has 122 valence electrons. The van der Waals surface area contributed by atoms with E-state index in [-0.39, 0.29) is 0 Å². The Kier molecular flexibility index (Phi) is 11.6. The predicted octanol–water partition coefficient (Wildman–Crippen LogP) is 6.34. The molecule has 0 aliphatic carbocycles. The number of unbranched alkanes of at least 4 members (excludes halogenated alkanes) is 3. The second-order valence-electron chi connectivity index (χ2n) is 7.38. The van der Waals surface area contributed by atoms with Gasteiger partial charge in [0, 0.05) is 0 Å². The van der Waals surface area contributed by atoms with E-state index in [0.29, 0.717) is 0 Å². The first-order valence-corrected chi connectivity index (χ1v) is 9.13. The van der Waals surface area contributed by atoms with E-state index in [4.69, 9.17) is 0 Å². The molecule has 0 saturated heterocycles. The average Bonchev–Trinajstić information content (AvgIpc) is 2.40. The number of hydrogen-bond donors (Lipinski definition) is 1. The summed E-state index contributed by atoms with van der Waals surface area (Å²) in [5, 5.41) is 9.93. The minimum Gasteiger partial charge on any atom is -0.390 e. The Labute approximate surface area is 128 Å². The SMILES string of the molecule is CCC[C@@H](C)CC[C@@H](C)CCCCCCC(C)(O)CC. The molecule has 1 unspecified atom stereocenters. The average molecular weight is 285 g/mol. The summed E-state index contributed by atoms with van der Waals surface area (Å²) in [6.45, 7) is 11.1. The minimum absolute atomic E-state index is 0.428. The number of hydrogen-bond acceptors (Lipinski definition) is 1. The Morgan fingerprint density at radius 2 is 1.35 bits per heavy atom. The third kappa shape index (κ3) is 11.8. The van der Waals surface area contributed by atoms with Gasteiger partial charge in [0.05, 0.1) is 5.60 Å². The second kappa shape index (κ2) is 11.6. The van der Waals surface area contributed by atoms with Crippen LogP contribution in [0.4, 0.5) is 0 Å². The van der Waals surface area contributed by atoms with Crippen molar-refractivity contribution in [2.45, 2.75) is 111 Å². The molecule has 0 bridgehead atoms. The van der Waals surface area contributed by atoms with Gasteiger partial charge in [0.15, 0.2) is 0 Å². The highest BCUT2D eigenvalue weighted by molar-refractivity contribution is 4.69. The fourth-order valence-corrected chi connectivity index (χ4v) is 2.88. The quantitative estimate of drug-likeness (QED) is 0.391. The van der Waals surface area contributed by atoms with Gasteiger partial charge in [-0.2, -0.15) is 0 Å². The van der Waals surface area contributed by atoms with Gasteiger partial charge in [-0.05, 0) is 31.6 Å². The molecule has 20 heavy (non-hydrogen) atoms. The molecule has 1 N–H and O–H groups in total. The first kappa shape index (κ1) is 20.0. The van der Waals surface area contributed by atoms with Crippen molar-refractivity contribution in [2.24, 2.45) is 11.8 Å². The molecule has 0 rings (SSSR count). The Morgan fingerprint density at radius 3 is 1.90 bits per heavy atom. The van der Waals surface area contributed by atoms with E-state index in [2.05, 4.69) is 27.7 Å². The van der Waals surface area contributed by atoms with Gasteiger partial charge >= 0.3 is 0 Å². The molecule has 0 fully saturated rings. The highest BCUT2D eigenvalue weighted by Crippen LogP contribution is 2.22. The van der Waals surface area contributed by atoms with Gasteiger partial charge in [-0.3, -0.25) is 0 Å². The van der Waals surface area contributed by atoms with Crippen LogP contribution in [0.5, 0.6) is 0 Å². The van der Waals surface area contributed by atoms with Crippen LogP contribution in [0.25, 0.3) is 0 Å². The zero-order valence-electron chi connectivity index (χ0n) is 14.9. The first-order chi connectivity index (χ1) is 9.41. The summed E-state index contributed by atoms with van der Waals surface area (Å²) in [7, 11) is 0. The Balaban J connectivity index is 3.42. The predicted molar refractivity (Wildman–Crippen MR) is 91.1 cm³/mol. The van der Waals surface area contributed by atoms with E-state index in [1.165, 1.54) is 57.8 Å². The van der Waals surface area contributed by atoms with Crippen LogP contribution >= 0.6 is 0 Å². The molecule has 0 aromatic rings. The summed E-state index contributed by atoms with van der Waals surface area (Å²) in [6.07, 6.45) is 14.0. The van der Waals surface area contributed by atoms with E-state index in [1.54, 1.807) is 0 Å². The fraction of sp³-hybridized carbons (Fsp3) is 1.00. The molecule has 0 saturated carbocycles. The van der Waals surface area contributed by atoms with E-state index < -0.39 is 5.60 Å². The molecule has 1 heteroatoms. The fourth-order valence-electron chi connectivity index (χ4n) is 2.88.